The minimum Gasteiger partial charge on any atom is -0.502 e. The summed E-state index contributed by atoms with van der Waals surface area (Å²) in [5.74, 6) is -0.690. The molecule has 3 rings (SSSR count). The lowest BCUT2D eigenvalue weighted by Gasteiger charge is -2.25. The Morgan fingerprint density at radius 2 is 1.60 bits per heavy atom. The van der Waals surface area contributed by atoms with E-state index < -0.39 is 11.7 Å². The number of aliphatic hydroxyl groups excluding tert-OH is 1. The van der Waals surface area contributed by atoms with Gasteiger partial charge in [0, 0.05) is 6.04 Å². The van der Waals surface area contributed by atoms with Gasteiger partial charge in [0.2, 0.25) is 0 Å². The van der Waals surface area contributed by atoms with Gasteiger partial charge in [-0.15, -0.1) is 0 Å². The Balaban J connectivity index is 1.84. The summed E-state index contributed by atoms with van der Waals surface area (Å²) in [6.45, 7) is 3.87. The van der Waals surface area contributed by atoms with Gasteiger partial charge in [0.05, 0.1) is 11.7 Å². The molecule has 5 heteroatoms. The van der Waals surface area contributed by atoms with Gasteiger partial charge in [0.1, 0.15) is 5.75 Å². The van der Waals surface area contributed by atoms with Crippen molar-refractivity contribution >= 4 is 17.4 Å². The third-order valence-electron chi connectivity index (χ3n) is 4.80. The van der Waals surface area contributed by atoms with Crippen molar-refractivity contribution in [1.82, 2.24) is 4.90 Å². The molecule has 5 nitrogen and oxygen atoms in total. The van der Waals surface area contributed by atoms with E-state index in [1.165, 1.54) is 4.90 Å². The largest absolute Gasteiger partial charge is 0.502 e. The van der Waals surface area contributed by atoms with E-state index in [2.05, 4.69) is 0 Å². The molecule has 0 radical (unpaired) electrons. The van der Waals surface area contributed by atoms with Gasteiger partial charge in [0.25, 0.3) is 11.8 Å². The fourth-order valence-corrected chi connectivity index (χ4v) is 3.62. The lowest BCUT2D eigenvalue weighted by molar-refractivity contribution is -0.141. The van der Waals surface area contributed by atoms with Crippen LogP contribution in [0.25, 0.3) is 5.57 Å². The van der Waals surface area contributed by atoms with Crippen molar-refractivity contribution < 1.29 is 19.4 Å². The second kappa shape index (κ2) is 7.30. The number of nitrogens with zero attached hydrogens (tertiary/aromatic N) is 1. The fraction of sp³-hybridized carbons (Fsp3) is 0.500. The van der Waals surface area contributed by atoms with E-state index in [9.17, 15) is 14.7 Å². The number of rotatable bonds is 4. The van der Waals surface area contributed by atoms with Gasteiger partial charge >= 0.3 is 0 Å². The van der Waals surface area contributed by atoms with Gasteiger partial charge in [-0.1, -0.05) is 37.8 Å². The van der Waals surface area contributed by atoms with Crippen LogP contribution in [0.15, 0.2) is 30.0 Å². The number of carbonyl (C=O) groups is 2. The number of benzene rings is 1. The molecule has 1 saturated carbocycles. The predicted molar refractivity (Wildman–Crippen MR) is 95.1 cm³/mol. The van der Waals surface area contributed by atoms with Crippen molar-refractivity contribution in [2.75, 3.05) is 0 Å². The number of ether oxygens (including phenoxy) is 1. The SMILES string of the molecule is CC(C)Oc1ccc(C2=C(O)C(=O)N(C3CCCCCC3)C2=O)cc1. The highest BCUT2D eigenvalue weighted by Crippen LogP contribution is 2.33. The number of carbonyl (C=O) groups excluding carboxylic acids is 2. The van der Waals surface area contributed by atoms with E-state index >= 15 is 0 Å². The van der Waals surface area contributed by atoms with Crippen LogP contribution < -0.4 is 4.74 Å². The maximum absolute atomic E-state index is 12.9. The lowest BCUT2D eigenvalue weighted by Crippen LogP contribution is -2.40. The number of hydrogen-bond acceptors (Lipinski definition) is 4. The summed E-state index contributed by atoms with van der Waals surface area (Å²) in [5, 5.41) is 10.3. The Bertz CT molecular complexity index is 682. The van der Waals surface area contributed by atoms with Crippen LogP contribution in [0.4, 0.5) is 0 Å². The molecule has 1 aliphatic carbocycles. The zero-order chi connectivity index (χ0) is 18.0. The average molecular weight is 343 g/mol. The highest BCUT2D eigenvalue weighted by atomic mass is 16.5. The third kappa shape index (κ3) is 3.55. The molecule has 1 aromatic rings. The van der Waals surface area contributed by atoms with Crippen molar-refractivity contribution in [3.05, 3.63) is 35.6 Å². The molecule has 0 unspecified atom stereocenters. The third-order valence-corrected chi connectivity index (χ3v) is 4.80. The van der Waals surface area contributed by atoms with Crippen molar-refractivity contribution in [2.24, 2.45) is 0 Å². The van der Waals surface area contributed by atoms with Gasteiger partial charge in [-0.25, -0.2) is 0 Å². The number of imide groups is 1. The molecule has 25 heavy (non-hydrogen) atoms. The topological polar surface area (TPSA) is 66.8 Å². The van der Waals surface area contributed by atoms with Crippen LogP contribution in [0.3, 0.4) is 0 Å². The number of amides is 2. The molecule has 1 fully saturated rings. The van der Waals surface area contributed by atoms with Crippen LogP contribution in [0.5, 0.6) is 5.75 Å². The summed E-state index contributed by atoms with van der Waals surface area (Å²) in [7, 11) is 0. The number of aliphatic hydroxyl groups is 1. The van der Waals surface area contributed by atoms with Crippen LogP contribution in [0.2, 0.25) is 0 Å². The van der Waals surface area contributed by atoms with Gasteiger partial charge in [-0.3, -0.25) is 14.5 Å². The van der Waals surface area contributed by atoms with Gasteiger partial charge < -0.3 is 9.84 Å². The van der Waals surface area contributed by atoms with Crippen molar-refractivity contribution in [1.29, 1.82) is 0 Å². The van der Waals surface area contributed by atoms with Crippen LogP contribution in [0, 0.1) is 0 Å². The molecular weight excluding hydrogens is 318 g/mol. The quantitative estimate of drug-likeness (QED) is 0.666. The average Bonchev–Trinajstić information content (AvgIpc) is 2.77. The lowest BCUT2D eigenvalue weighted by atomic mass is 10.0. The van der Waals surface area contributed by atoms with Gasteiger partial charge in [-0.2, -0.15) is 0 Å². The highest BCUT2D eigenvalue weighted by Gasteiger charge is 2.42. The molecule has 0 bridgehead atoms. The molecule has 1 aromatic carbocycles. The molecule has 0 atom stereocenters. The van der Waals surface area contributed by atoms with Crippen molar-refractivity contribution in [2.45, 2.75) is 64.5 Å². The highest BCUT2D eigenvalue weighted by molar-refractivity contribution is 6.35. The van der Waals surface area contributed by atoms with E-state index in [1.807, 2.05) is 13.8 Å². The summed E-state index contributed by atoms with van der Waals surface area (Å²) < 4.78 is 5.60. The molecule has 134 valence electrons. The molecule has 0 spiro atoms. The maximum atomic E-state index is 12.9. The molecule has 2 aliphatic rings. The van der Waals surface area contributed by atoms with E-state index in [-0.39, 0.29) is 23.6 Å². The molecule has 1 N–H and O–H groups in total. The predicted octanol–water partition coefficient (Wildman–Crippen LogP) is 3.83. The first kappa shape index (κ1) is 17.5. The Hall–Kier alpha value is -2.30. The van der Waals surface area contributed by atoms with E-state index in [1.54, 1.807) is 24.3 Å². The molecule has 0 aromatic heterocycles. The van der Waals surface area contributed by atoms with Crippen LogP contribution in [-0.4, -0.2) is 34.0 Å². The summed E-state index contributed by atoms with van der Waals surface area (Å²) in [6, 6.07) is 6.82. The van der Waals surface area contributed by atoms with Gasteiger partial charge in [0.15, 0.2) is 5.76 Å². The first-order valence-corrected chi connectivity index (χ1v) is 9.07. The van der Waals surface area contributed by atoms with Crippen LogP contribution >= 0.6 is 0 Å². The van der Waals surface area contributed by atoms with Crippen LogP contribution in [-0.2, 0) is 9.59 Å². The summed E-state index contributed by atoms with van der Waals surface area (Å²) >= 11 is 0. The zero-order valence-electron chi connectivity index (χ0n) is 14.8. The van der Waals surface area contributed by atoms with Crippen molar-refractivity contribution in [3.8, 4) is 5.75 Å². The zero-order valence-corrected chi connectivity index (χ0v) is 14.8. The van der Waals surface area contributed by atoms with E-state index in [4.69, 9.17) is 4.74 Å². The molecule has 1 heterocycles. The number of hydrogen-bond donors (Lipinski definition) is 1. The van der Waals surface area contributed by atoms with Crippen LogP contribution in [0.1, 0.15) is 57.9 Å². The van der Waals surface area contributed by atoms with E-state index in [0.717, 1.165) is 38.5 Å². The monoisotopic (exact) mass is 343 g/mol. The Morgan fingerprint density at radius 3 is 2.16 bits per heavy atom. The molecular formula is C20H25NO4. The first-order chi connectivity index (χ1) is 12.0. The fourth-order valence-electron chi connectivity index (χ4n) is 3.62. The minimum atomic E-state index is -0.561. The van der Waals surface area contributed by atoms with E-state index in [0.29, 0.717) is 11.3 Å². The Kier molecular flexibility index (Phi) is 5.11. The van der Waals surface area contributed by atoms with Gasteiger partial charge in [-0.05, 0) is 44.4 Å². The first-order valence-electron chi connectivity index (χ1n) is 9.07. The summed E-state index contributed by atoms with van der Waals surface area (Å²) in [4.78, 5) is 26.6. The smallest absolute Gasteiger partial charge is 0.296 e. The summed E-state index contributed by atoms with van der Waals surface area (Å²) in [6.07, 6.45) is 5.99. The molecule has 0 saturated heterocycles. The second-order valence-electron chi connectivity index (χ2n) is 7.04. The summed E-state index contributed by atoms with van der Waals surface area (Å²) in [5.41, 5.74) is 0.647. The standard InChI is InChI=1S/C20H25NO4/c1-13(2)25-16-11-9-14(10-12-16)17-18(22)20(24)21(19(17)23)15-7-5-3-4-6-8-15/h9-13,15,22H,3-8H2,1-2H3. The maximum Gasteiger partial charge on any atom is 0.296 e. The van der Waals surface area contributed by atoms with Crippen molar-refractivity contribution in [3.63, 3.8) is 0 Å². The second-order valence-corrected chi connectivity index (χ2v) is 7.04. The minimum absolute atomic E-state index is 0.0545. The molecule has 2 amide bonds. The normalized spacial score (nSPS) is 19.7. The Labute approximate surface area is 148 Å². The Morgan fingerprint density at radius 1 is 1.00 bits per heavy atom. The molecule has 1 aliphatic heterocycles.